The molecule has 0 bridgehead atoms. The van der Waals surface area contributed by atoms with Crippen LogP contribution in [-0.4, -0.2) is 10.2 Å². The summed E-state index contributed by atoms with van der Waals surface area (Å²) in [7, 11) is 0. The van der Waals surface area contributed by atoms with E-state index in [2.05, 4.69) is 5.32 Å². The van der Waals surface area contributed by atoms with Gasteiger partial charge in [0.15, 0.2) is 0 Å². The lowest BCUT2D eigenvalue weighted by Crippen LogP contribution is -2.17. The Morgan fingerprint density at radius 2 is 2.00 bits per heavy atom. The van der Waals surface area contributed by atoms with Gasteiger partial charge in [0.1, 0.15) is 22.5 Å². The molecule has 0 unspecified atom stereocenters. The van der Waals surface area contributed by atoms with Gasteiger partial charge in [-0.2, -0.15) is 0 Å². The number of hydrogen-bond donors (Lipinski definition) is 1. The average molecular weight is 380 g/mol. The molecule has 7 heteroatoms. The summed E-state index contributed by atoms with van der Waals surface area (Å²) in [6, 6.07) is 11.3. The Kier molecular flexibility index (Phi) is 5.18. The van der Waals surface area contributed by atoms with E-state index in [9.17, 15) is 9.18 Å². The number of halogens is 2. The smallest absolute Gasteiger partial charge is 0.263 e. The lowest BCUT2D eigenvalue weighted by atomic mass is 10.2. The Labute approximate surface area is 152 Å². The molecule has 1 amide bonds. The van der Waals surface area contributed by atoms with E-state index < -0.39 is 0 Å². The van der Waals surface area contributed by atoms with E-state index in [1.165, 1.54) is 23.9 Å². The van der Waals surface area contributed by atoms with Crippen molar-refractivity contribution in [1.82, 2.24) is 5.32 Å². The fourth-order valence-corrected chi connectivity index (χ4v) is 3.33. The third kappa shape index (κ3) is 4.14. The standard InChI is InChI=1S/C17H11ClFNO2S2/c18-13-7-11(8-15-16(21)20-17(23)24-15)3-6-14(13)22-9-10-1-4-12(19)5-2-10/h1-8H,9H2,(H,20,21,23)/b15-8-. The van der Waals surface area contributed by atoms with Gasteiger partial charge >= 0.3 is 0 Å². The highest BCUT2D eigenvalue weighted by Crippen LogP contribution is 2.30. The molecule has 0 spiro atoms. The lowest BCUT2D eigenvalue weighted by Gasteiger charge is -2.09. The van der Waals surface area contributed by atoms with Crippen LogP contribution in [0, 0.1) is 5.82 Å². The number of benzene rings is 2. The van der Waals surface area contributed by atoms with Crippen LogP contribution in [0.4, 0.5) is 4.39 Å². The van der Waals surface area contributed by atoms with Crippen molar-refractivity contribution in [2.24, 2.45) is 0 Å². The largest absolute Gasteiger partial charge is 0.487 e. The number of thiocarbonyl (C=S) groups is 1. The lowest BCUT2D eigenvalue weighted by molar-refractivity contribution is -0.115. The van der Waals surface area contributed by atoms with Gasteiger partial charge in [0.05, 0.1) is 9.93 Å². The minimum atomic E-state index is -0.289. The zero-order valence-corrected chi connectivity index (χ0v) is 14.6. The van der Waals surface area contributed by atoms with Crippen LogP contribution in [0.1, 0.15) is 11.1 Å². The monoisotopic (exact) mass is 379 g/mol. The minimum absolute atomic E-state index is 0.210. The molecule has 0 aliphatic carbocycles. The molecule has 0 saturated carbocycles. The van der Waals surface area contributed by atoms with Gasteiger partial charge in [0.25, 0.3) is 5.91 Å². The topological polar surface area (TPSA) is 38.3 Å². The molecule has 3 nitrogen and oxygen atoms in total. The summed E-state index contributed by atoms with van der Waals surface area (Å²) in [5.41, 5.74) is 1.61. The summed E-state index contributed by atoms with van der Waals surface area (Å²) in [5, 5.41) is 2.99. The third-order valence-electron chi connectivity index (χ3n) is 3.20. The molecule has 2 aromatic rings. The first kappa shape index (κ1) is 17.0. The second-order valence-electron chi connectivity index (χ2n) is 4.96. The zero-order chi connectivity index (χ0) is 17.1. The van der Waals surface area contributed by atoms with E-state index in [-0.39, 0.29) is 18.3 Å². The highest BCUT2D eigenvalue weighted by Gasteiger charge is 2.21. The predicted octanol–water partition coefficient (Wildman–Crippen LogP) is 4.55. The van der Waals surface area contributed by atoms with E-state index in [4.69, 9.17) is 28.6 Å². The number of hydrogen-bond acceptors (Lipinski definition) is 4. The number of amides is 1. The molecule has 1 N–H and O–H groups in total. The van der Waals surface area contributed by atoms with Crippen molar-refractivity contribution in [2.45, 2.75) is 6.61 Å². The first-order valence-electron chi connectivity index (χ1n) is 6.93. The molecular weight excluding hydrogens is 369 g/mol. The maximum Gasteiger partial charge on any atom is 0.263 e. The van der Waals surface area contributed by atoms with E-state index in [1.807, 2.05) is 0 Å². The van der Waals surface area contributed by atoms with Crippen LogP contribution in [0.2, 0.25) is 5.02 Å². The van der Waals surface area contributed by atoms with E-state index in [0.29, 0.717) is 20.0 Å². The molecule has 2 aromatic carbocycles. The van der Waals surface area contributed by atoms with Gasteiger partial charge in [-0.15, -0.1) is 0 Å². The number of nitrogens with one attached hydrogen (secondary N) is 1. The van der Waals surface area contributed by atoms with Gasteiger partial charge in [-0.25, -0.2) is 4.39 Å². The van der Waals surface area contributed by atoms with Crippen molar-refractivity contribution in [1.29, 1.82) is 0 Å². The van der Waals surface area contributed by atoms with Crippen LogP contribution in [-0.2, 0) is 11.4 Å². The Balaban J connectivity index is 1.70. The molecule has 0 aromatic heterocycles. The van der Waals surface area contributed by atoms with Crippen molar-refractivity contribution in [3.05, 3.63) is 69.3 Å². The maximum absolute atomic E-state index is 12.9. The highest BCUT2D eigenvalue weighted by atomic mass is 35.5. The Morgan fingerprint density at radius 1 is 1.25 bits per heavy atom. The van der Waals surface area contributed by atoms with Crippen molar-refractivity contribution in [2.75, 3.05) is 0 Å². The maximum atomic E-state index is 12.9. The van der Waals surface area contributed by atoms with Gasteiger partial charge < -0.3 is 10.1 Å². The summed E-state index contributed by atoms with van der Waals surface area (Å²) in [4.78, 5) is 12.2. The first-order valence-corrected chi connectivity index (χ1v) is 8.53. The summed E-state index contributed by atoms with van der Waals surface area (Å²) < 4.78 is 19.0. The molecule has 1 saturated heterocycles. The molecule has 24 heavy (non-hydrogen) atoms. The predicted molar refractivity (Wildman–Crippen MR) is 98.5 cm³/mol. The quantitative estimate of drug-likeness (QED) is 0.625. The van der Waals surface area contributed by atoms with Crippen LogP contribution < -0.4 is 10.1 Å². The van der Waals surface area contributed by atoms with Gasteiger partial charge in [-0.3, -0.25) is 4.79 Å². The molecule has 122 valence electrons. The minimum Gasteiger partial charge on any atom is -0.487 e. The first-order chi connectivity index (χ1) is 11.5. The summed E-state index contributed by atoms with van der Waals surface area (Å²) in [6.45, 7) is 0.285. The summed E-state index contributed by atoms with van der Waals surface area (Å²) in [6.07, 6.45) is 1.72. The van der Waals surface area contributed by atoms with Crippen LogP contribution in [0.15, 0.2) is 47.4 Å². The van der Waals surface area contributed by atoms with Crippen molar-refractivity contribution < 1.29 is 13.9 Å². The molecule has 1 aliphatic rings. The summed E-state index contributed by atoms with van der Waals surface area (Å²) in [5.74, 6) is 0.0161. The average Bonchev–Trinajstić information content (AvgIpc) is 2.86. The van der Waals surface area contributed by atoms with Crippen molar-refractivity contribution >= 4 is 51.9 Å². The molecule has 0 radical (unpaired) electrons. The van der Waals surface area contributed by atoms with Gasteiger partial charge in [-0.1, -0.05) is 53.8 Å². The van der Waals surface area contributed by atoms with Crippen molar-refractivity contribution in [3.8, 4) is 5.75 Å². The van der Waals surface area contributed by atoms with Crippen LogP contribution >= 0.6 is 35.6 Å². The van der Waals surface area contributed by atoms with Crippen LogP contribution in [0.3, 0.4) is 0 Å². The Morgan fingerprint density at radius 3 is 2.62 bits per heavy atom. The van der Waals surface area contributed by atoms with E-state index in [1.54, 1.807) is 36.4 Å². The van der Waals surface area contributed by atoms with Gasteiger partial charge in [0, 0.05) is 0 Å². The molecular formula is C17H11ClFNO2S2. The zero-order valence-electron chi connectivity index (χ0n) is 12.2. The number of rotatable bonds is 4. The Hall–Kier alpha value is -1.89. The number of carbonyl (C=O) groups is 1. The molecule has 0 atom stereocenters. The molecule has 1 heterocycles. The SMILES string of the molecule is O=C1NC(=S)S/C1=C\c1ccc(OCc2ccc(F)cc2)c(Cl)c1. The van der Waals surface area contributed by atoms with Crippen molar-refractivity contribution in [3.63, 3.8) is 0 Å². The number of carbonyl (C=O) groups excluding carboxylic acids is 1. The molecule has 1 fully saturated rings. The van der Waals surface area contributed by atoms with Crippen LogP contribution in [0.5, 0.6) is 5.75 Å². The second kappa shape index (κ2) is 7.34. The fourth-order valence-electron chi connectivity index (χ4n) is 2.04. The fraction of sp³-hybridized carbons (Fsp3) is 0.0588. The Bertz CT molecular complexity index is 837. The van der Waals surface area contributed by atoms with Gasteiger partial charge in [-0.05, 0) is 41.5 Å². The van der Waals surface area contributed by atoms with E-state index in [0.717, 1.165) is 11.1 Å². The molecule has 3 rings (SSSR count). The van der Waals surface area contributed by atoms with Crippen LogP contribution in [0.25, 0.3) is 6.08 Å². The third-order valence-corrected chi connectivity index (χ3v) is 4.66. The highest BCUT2D eigenvalue weighted by molar-refractivity contribution is 8.26. The molecule has 1 aliphatic heterocycles. The number of ether oxygens (including phenoxy) is 1. The normalized spacial score (nSPS) is 15.7. The summed E-state index contributed by atoms with van der Waals surface area (Å²) >= 11 is 12.4. The van der Waals surface area contributed by atoms with E-state index >= 15 is 0 Å². The second-order valence-corrected chi connectivity index (χ2v) is 7.08. The number of thioether (sulfide) groups is 1. The van der Waals surface area contributed by atoms with Gasteiger partial charge in [0.2, 0.25) is 0 Å².